The lowest BCUT2D eigenvalue weighted by molar-refractivity contribution is 0.971. The molecule has 2 aromatic rings. The van der Waals surface area contributed by atoms with Gasteiger partial charge in [0.25, 0.3) is 0 Å². The summed E-state index contributed by atoms with van der Waals surface area (Å²) >= 11 is 1.45. The predicted octanol–water partition coefficient (Wildman–Crippen LogP) is 3.79. The fraction of sp³-hybridized carbons (Fsp3) is 0. The van der Waals surface area contributed by atoms with Gasteiger partial charge in [-0.15, -0.1) is 0 Å². The molecule has 17 heavy (non-hydrogen) atoms. The first kappa shape index (κ1) is 11.4. The topological polar surface area (TPSA) is 30.1 Å². The van der Waals surface area contributed by atoms with Crippen molar-refractivity contribution in [3.63, 3.8) is 0 Å². The zero-order valence-electron chi connectivity index (χ0n) is 8.95. The van der Waals surface area contributed by atoms with Gasteiger partial charge < -0.3 is 0 Å². The molecule has 1 aromatic carbocycles. The Bertz CT molecular complexity index is 558. The van der Waals surface area contributed by atoms with E-state index in [0.29, 0.717) is 10.8 Å². The number of thioether (sulfide) groups is 1. The van der Waals surface area contributed by atoms with Crippen molar-refractivity contribution >= 4 is 23.5 Å². The van der Waals surface area contributed by atoms with E-state index in [1.54, 1.807) is 24.5 Å². The van der Waals surface area contributed by atoms with Gasteiger partial charge in [-0.25, -0.2) is 14.8 Å². The summed E-state index contributed by atoms with van der Waals surface area (Å²) in [7, 11) is 0. The van der Waals surface area contributed by atoms with E-state index in [9.17, 15) is 0 Å². The smallest absolute Gasteiger partial charge is 0.191 e. The first-order chi connectivity index (χ1) is 8.38. The third-order valence-corrected chi connectivity index (χ3v) is 2.67. The van der Waals surface area contributed by atoms with Gasteiger partial charge in [0, 0.05) is 12.4 Å². The molecule has 82 valence electrons. The van der Waals surface area contributed by atoms with Crippen LogP contribution in [0.3, 0.4) is 0 Å². The Kier molecular flexibility index (Phi) is 3.90. The molecule has 0 unspecified atom stereocenters. The SMILES string of the molecule is [C-]#[N+]c1cccc(/C=C/Sc2ncccn2)c1. The Morgan fingerprint density at radius 1 is 1.18 bits per heavy atom. The van der Waals surface area contributed by atoms with Gasteiger partial charge in [0.2, 0.25) is 0 Å². The molecule has 0 amide bonds. The minimum Gasteiger partial charge on any atom is -0.238 e. The Hall–Kier alpha value is -2.12. The second-order valence-corrected chi connectivity index (χ2v) is 4.03. The number of rotatable bonds is 3. The van der Waals surface area contributed by atoms with Crippen molar-refractivity contribution in [3.05, 3.63) is 65.1 Å². The predicted molar refractivity (Wildman–Crippen MR) is 69.6 cm³/mol. The number of benzene rings is 1. The average Bonchev–Trinajstić information content (AvgIpc) is 2.40. The number of aromatic nitrogens is 2. The van der Waals surface area contributed by atoms with Crippen molar-refractivity contribution in [2.45, 2.75) is 5.16 Å². The molecular weight excluding hydrogens is 230 g/mol. The monoisotopic (exact) mass is 239 g/mol. The molecule has 1 heterocycles. The normalized spacial score (nSPS) is 10.3. The third kappa shape index (κ3) is 3.44. The second kappa shape index (κ2) is 5.83. The van der Waals surface area contributed by atoms with E-state index in [0.717, 1.165) is 5.56 Å². The van der Waals surface area contributed by atoms with E-state index in [4.69, 9.17) is 6.57 Å². The molecule has 2 rings (SSSR count). The first-order valence-corrected chi connectivity index (χ1v) is 5.84. The van der Waals surface area contributed by atoms with Crippen molar-refractivity contribution < 1.29 is 0 Å². The third-order valence-electron chi connectivity index (χ3n) is 1.98. The molecule has 0 bridgehead atoms. The van der Waals surface area contributed by atoms with Crippen LogP contribution in [0.4, 0.5) is 5.69 Å². The number of nitrogens with zero attached hydrogens (tertiary/aromatic N) is 3. The molecule has 0 atom stereocenters. The minimum absolute atomic E-state index is 0.646. The largest absolute Gasteiger partial charge is 0.238 e. The van der Waals surface area contributed by atoms with E-state index in [-0.39, 0.29) is 0 Å². The maximum atomic E-state index is 6.93. The van der Waals surface area contributed by atoms with Gasteiger partial charge >= 0.3 is 0 Å². The van der Waals surface area contributed by atoms with E-state index in [1.165, 1.54) is 11.8 Å². The van der Waals surface area contributed by atoms with Crippen LogP contribution in [0, 0.1) is 6.57 Å². The molecular formula is C13H9N3S. The molecule has 0 N–H and O–H groups in total. The molecule has 0 spiro atoms. The molecule has 0 aliphatic carbocycles. The standard InChI is InChI=1S/C13H9N3S/c1-14-12-5-2-4-11(10-12)6-9-17-13-15-7-3-8-16-13/h2-10H/b9-6+. The zero-order chi connectivity index (χ0) is 11.9. The highest BCUT2D eigenvalue weighted by molar-refractivity contribution is 8.02. The molecule has 0 saturated heterocycles. The minimum atomic E-state index is 0.646. The van der Waals surface area contributed by atoms with Crippen molar-refractivity contribution in [1.82, 2.24) is 9.97 Å². The lowest BCUT2D eigenvalue weighted by Crippen LogP contribution is -1.79. The number of hydrogen-bond donors (Lipinski definition) is 0. The van der Waals surface area contributed by atoms with Crippen LogP contribution in [0.25, 0.3) is 10.9 Å². The van der Waals surface area contributed by atoms with Gasteiger partial charge in [-0.1, -0.05) is 30.0 Å². The summed E-state index contributed by atoms with van der Waals surface area (Å²) in [5, 5.41) is 2.63. The van der Waals surface area contributed by atoms with Crippen LogP contribution >= 0.6 is 11.8 Å². The average molecular weight is 239 g/mol. The quantitative estimate of drug-likeness (QED) is 0.463. The Morgan fingerprint density at radius 3 is 2.76 bits per heavy atom. The van der Waals surface area contributed by atoms with Crippen molar-refractivity contribution in [3.8, 4) is 0 Å². The molecule has 0 saturated carbocycles. The maximum absolute atomic E-state index is 6.93. The highest BCUT2D eigenvalue weighted by Gasteiger charge is 1.92. The molecule has 4 heteroatoms. The van der Waals surface area contributed by atoms with E-state index in [2.05, 4.69) is 14.8 Å². The van der Waals surface area contributed by atoms with Gasteiger partial charge in [-0.2, -0.15) is 0 Å². The van der Waals surface area contributed by atoms with Crippen LogP contribution in [-0.4, -0.2) is 9.97 Å². The fourth-order valence-electron chi connectivity index (χ4n) is 1.22. The fourth-order valence-corrected chi connectivity index (χ4v) is 1.81. The lowest BCUT2D eigenvalue weighted by atomic mass is 10.2. The Morgan fingerprint density at radius 2 is 2.00 bits per heavy atom. The van der Waals surface area contributed by atoms with Crippen LogP contribution in [-0.2, 0) is 0 Å². The van der Waals surface area contributed by atoms with Crippen LogP contribution in [0.2, 0.25) is 0 Å². The van der Waals surface area contributed by atoms with E-state index < -0.39 is 0 Å². The van der Waals surface area contributed by atoms with Gasteiger partial charge in [-0.3, -0.25) is 0 Å². The Balaban J connectivity index is 2.04. The second-order valence-electron chi connectivity index (χ2n) is 3.16. The van der Waals surface area contributed by atoms with Crippen LogP contribution in [0.1, 0.15) is 5.56 Å². The molecule has 3 nitrogen and oxygen atoms in total. The summed E-state index contributed by atoms with van der Waals surface area (Å²) in [5.41, 5.74) is 1.65. The number of hydrogen-bond acceptors (Lipinski definition) is 3. The van der Waals surface area contributed by atoms with Crippen molar-refractivity contribution in [2.24, 2.45) is 0 Å². The first-order valence-electron chi connectivity index (χ1n) is 4.96. The van der Waals surface area contributed by atoms with Crippen molar-refractivity contribution in [1.29, 1.82) is 0 Å². The lowest BCUT2D eigenvalue weighted by Gasteiger charge is -1.94. The molecule has 0 aliphatic heterocycles. The van der Waals surface area contributed by atoms with Gasteiger partial charge in [-0.05, 0) is 29.2 Å². The zero-order valence-corrected chi connectivity index (χ0v) is 9.76. The Labute approximate surface area is 104 Å². The summed E-state index contributed by atoms with van der Waals surface area (Å²) in [6.07, 6.45) is 5.36. The van der Waals surface area contributed by atoms with Crippen LogP contribution in [0.15, 0.2) is 53.3 Å². The summed E-state index contributed by atoms with van der Waals surface area (Å²) in [6, 6.07) is 9.25. The molecule has 0 fully saturated rings. The van der Waals surface area contributed by atoms with Gasteiger partial charge in [0.15, 0.2) is 10.8 Å². The summed E-state index contributed by atoms with van der Waals surface area (Å²) in [6.45, 7) is 6.93. The molecule has 0 aliphatic rings. The summed E-state index contributed by atoms with van der Waals surface area (Å²) in [5.74, 6) is 0. The highest BCUT2D eigenvalue weighted by Crippen LogP contribution is 2.18. The summed E-state index contributed by atoms with van der Waals surface area (Å²) in [4.78, 5) is 11.6. The van der Waals surface area contributed by atoms with Crippen molar-refractivity contribution in [2.75, 3.05) is 0 Å². The van der Waals surface area contributed by atoms with E-state index in [1.807, 2.05) is 29.7 Å². The highest BCUT2D eigenvalue weighted by atomic mass is 32.2. The molecule has 1 aromatic heterocycles. The van der Waals surface area contributed by atoms with Crippen LogP contribution < -0.4 is 0 Å². The van der Waals surface area contributed by atoms with Gasteiger partial charge in [0.1, 0.15) is 0 Å². The van der Waals surface area contributed by atoms with E-state index >= 15 is 0 Å². The maximum Gasteiger partial charge on any atom is 0.191 e. The van der Waals surface area contributed by atoms with Gasteiger partial charge in [0.05, 0.1) is 6.57 Å². The summed E-state index contributed by atoms with van der Waals surface area (Å²) < 4.78 is 0. The van der Waals surface area contributed by atoms with Crippen LogP contribution in [0.5, 0.6) is 0 Å². The molecule has 0 radical (unpaired) electrons.